The van der Waals surface area contributed by atoms with Gasteiger partial charge >= 0.3 is 0 Å². The van der Waals surface area contributed by atoms with Gasteiger partial charge in [-0.1, -0.05) is 48.5 Å². The number of rotatable bonds is 5. The molecule has 0 aliphatic carbocycles. The normalized spacial score (nSPS) is 21.9. The Labute approximate surface area is 135 Å². The van der Waals surface area contributed by atoms with E-state index in [1.807, 2.05) is 30.3 Å². The maximum atomic E-state index is 12.0. The molecule has 2 aromatic carbocycles. The Bertz CT molecular complexity index is 707. The van der Waals surface area contributed by atoms with Crippen molar-refractivity contribution in [2.45, 2.75) is 17.1 Å². The van der Waals surface area contributed by atoms with Gasteiger partial charge in [0.25, 0.3) is 10.1 Å². The molecule has 2 aromatic rings. The van der Waals surface area contributed by atoms with E-state index in [0.29, 0.717) is 13.2 Å². The third kappa shape index (κ3) is 4.17. The monoisotopic (exact) mass is 334 g/mol. The fourth-order valence-electron chi connectivity index (χ4n) is 2.32. The summed E-state index contributed by atoms with van der Waals surface area (Å²) >= 11 is 0. The Morgan fingerprint density at radius 3 is 2.17 bits per heavy atom. The second-order valence-corrected chi connectivity index (χ2v) is 6.86. The molecule has 0 spiro atoms. The van der Waals surface area contributed by atoms with Gasteiger partial charge in [0.2, 0.25) is 0 Å². The number of hydrogen-bond acceptors (Lipinski definition) is 5. The van der Waals surface area contributed by atoms with Crippen molar-refractivity contribution in [1.29, 1.82) is 0 Å². The van der Waals surface area contributed by atoms with Crippen LogP contribution in [-0.2, 0) is 23.8 Å². The summed E-state index contributed by atoms with van der Waals surface area (Å²) in [7, 11) is -3.76. The zero-order valence-electron chi connectivity index (χ0n) is 12.5. The molecule has 6 heteroatoms. The average molecular weight is 334 g/mol. The largest absolute Gasteiger partial charge is 0.370 e. The van der Waals surface area contributed by atoms with Crippen molar-refractivity contribution in [2.24, 2.45) is 0 Å². The van der Waals surface area contributed by atoms with E-state index in [-0.39, 0.29) is 17.6 Å². The molecule has 2 atom stereocenters. The predicted molar refractivity (Wildman–Crippen MR) is 84.5 cm³/mol. The third-order valence-electron chi connectivity index (χ3n) is 3.58. The summed E-state index contributed by atoms with van der Waals surface area (Å²) in [5, 5.41) is 0. The van der Waals surface area contributed by atoms with E-state index in [0.717, 1.165) is 5.56 Å². The quantitative estimate of drug-likeness (QED) is 0.787. The highest BCUT2D eigenvalue weighted by molar-refractivity contribution is 7.86. The van der Waals surface area contributed by atoms with Crippen LogP contribution in [0.1, 0.15) is 11.7 Å². The molecular formula is C17H18O5S. The summed E-state index contributed by atoms with van der Waals surface area (Å²) in [5.41, 5.74) is 1.05. The molecule has 0 saturated carbocycles. The van der Waals surface area contributed by atoms with Crippen molar-refractivity contribution in [3.05, 3.63) is 66.2 Å². The molecule has 3 rings (SSSR count). The molecule has 23 heavy (non-hydrogen) atoms. The minimum Gasteiger partial charge on any atom is -0.370 e. The van der Waals surface area contributed by atoms with E-state index in [2.05, 4.69) is 0 Å². The lowest BCUT2D eigenvalue weighted by Gasteiger charge is -2.29. The zero-order valence-corrected chi connectivity index (χ0v) is 13.3. The molecule has 1 saturated heterocycles. The smallest absolute Gasteiger partial charge is 0.297 e. The van der Waals surface area contributed by atoms with E-state index < -0.39 is 16.2 Å². The highest BCUT2D eigenvalue weighted by Crippen LogP contribution is 2.23. The third-order valence-corrected chi connectivity index (χ3v) is 4.87. The second-order valence-electron chi connectivity index (χ2n) is 5.24. The maximum absolute atomic E-state index is 12.0. The van der Waals surface area contributed by atoms with Gasteiger partial charge in [-0.05, 0) is 17.7 Å². The molecule has 1 aliphatic heterocycles. The van der Waals surface area contributed by atoms with Crippen LogP contribution in [0.3, 0.4) is 0 Å². The van der Waals surface area contributed by atoms with Gasteiger partial charge in [0.05, 0.1) is 24.7 Å². The fraction of sp³-hybridized carbons (Fsp3) is 0.294. The van der Waals surface area contributed by atoms with Crippen LogP contribution in [0.15, 0.2) is 65.6 Å². The van der Waals surface area contributed by atoms with Gasteiger partial charge in [0.15, 0.2) is 0 Å². The van der Waals surface area contributed by atoms with Crippen LogP contribution in [0.2, 0.25) is 0 Å². The number of benzene rings is 2. The summed E-state index contributed by atoms with van der Waals surface area (Å²) in [6.07, 6.45) is -0.522. The summed E-state index contributed by atoms with van der Waals surface area (Å²) in [6, 6.07) is 17.8. The van der Waals surface area contributed by atoms with E-state index >= 15 is 0 Å². The minimum atomic E-state index is -3.76. The van der Waals surface area contributed by atoms with Crippen LogP contribution in [0.5, 0.6) is 0 Å². The molecule has 5 nitrogen and oxygen atoms in total. The molecule has 0 bridgehead atoms. The van der Waals surface area contributed by atoms with Gasteiger partial charge in [0.1, 0.15) is 12.2 Å². The fourth-order valence-corrected chi connectivity index (χ4v) is 3.28. The molecule has 122 valence electrons. The Morgan fingerprint density at radius 2 is 1.57 bits per heavy atom. The zero-order chi connectivity index (χ0) is 16.1. The van der Waals surface area contributed by atoms with Crippen molar-refractivity contribution < 1.29 is 22.1 Å². The maximum Gasteiger partial charge on any atom is 0.297 e. The highest BCUT2D eigenvalue weighted by Gasteiger charge is 2.25. The topological polar surface area (TPSA) is 61.8 Å². The van der Waals surface area contributed by atoms with Crippen LogP contribution >= 0.6 is 0 Å². The van der Waals surface area contributed by atoms with E-state index in [9.17, 15) is 8.42 Å². The molecular weight excluding hydrogens is 316 g/mol. The van der Waals surface area contributed by atoms with Gasteiger partial charge in [-0.3, -0.25) is 4.18 Å². The Hall–Kier alpha value is -1.73. The van der Waals surface area contributed by atoms with Gasteiger partial charge in [-0.15, -0.1) is 0 Å². The second kappa shape index (κ2) is 7.23. The number of ether oxygens (including phenoxy) is 2. The molecule has 0 N–H and O–H groups in total. The first-order chi connectivity index (χ1) is 11.1. The molecule has 0 aromatic heterocycles. The van der Waals surface area contributed by atoms with Crippen LogP contribution in [-0.4, -0.2) is 34.3 Å². The summed E-state index contributed by atoms with van der Waals surface area (Å²) in [6.45, 7) is 0.617. The van der Waals surface area contributed by atoms with Crippen molar-refractivity contribution in [2.75, 3.05) is 19.8 Å². The van der Waals surface area contributed by atoms with Crippen molar-refractivity contribution >= 4 is 10.1 Å². The Kier molecular flexibility index (Phi) is 5.07. The highest BCUT2D eigenvalue weighted by atomic mass is 32.2. The van der Waals surface area contributed by atoms with E-state index in [4.69, 9.17) is 13.7 Å². The average Bonchev–Trinajstić information content (AvgIpc) is 2.62. The first kappa shape index (κ1) is 16.1. The molecule has 0 amide bonds. The van der Waals surface area contributed by atoms with E-state index in [1.165, 1.54) is 12.1 Å². The molecule has 1 fully saturated rings. The van der Waals surface area contributed by atoms with Gasteiger partial charge in [-0.2, -0.15) is 8.42 Å². The first-order valence-corrected chi connectivity index (χ1v) is 8.78. The predicted octanol–water partition coefficient (Wildman–Crippen LogP) is 2.55. The van der Waals surface area contributed by atoms with E-state index in [1.54, 1.807) is 18.2 Å². The lowest BCUT2D eigenvalue weighted by molar-refractivity contribution is -0.144. The van der Waals surface area contributed by atoms with Crippen molar-refractivity contribution in [3.8, 4) is 0 Å². The lowest BCUT2D eigenvalue weighted by Crippen LogP contribution is -2.35. The first-order valence-electron chi connectivity index (χ1n) is 7.38. The summed E-state index contributed by atoms with van der Waals surface area (Å²) in [4.78, 5) is 0.138. The standard InChI is InChI=1S/C17H18O5S/c18-23(19,16-9-5-2-6-10-16)22-12-15-11-21-17(13-20-15)14-7-3-1-4-8-14/h1-10,15,17H,11-13H2/t15-,17+/m1/s1. The van der Waals surface area contributed by atoms with Crippen LogP contribution < -0.4 is 0 Å². The van der Waals surface area contributed by atoms with Crippen LogP contribution in [0.4, 0.5) is 0 Å². The van der Waals surface area contributed by atoms with Gasteiger partial charge < -0.3 is 9.47 Å². The van der Waals surface area contributed by atoms with Crippen molar-refractivity contribution in [1.82, 2.24) is 0 Å². The molecule has 1 heterocycles. The van der Waals surface area contributed by atoms with Crippen LogP contribution in [0, 0.1) is 0 Å². The lowest BCUT2D eigenvalue weighted by atomic mass is 10.1. The molecule has 0 radical (unpaired) electrons. The number of hydrogen-bond donors (Lipinski definition) is 0. The Balaban J connectivity index is 1.52. The SMILES string of the molecule is O=S(=O)(OC[C@H]1CO[C@H](c2ccccc2)CO1)c1ccccc1. The van der Waals surface area contributed by atoms with Crippen LogP contribution in [0.25, 0.3) is 0 Å². The molecule has 1 aliphatic rings. The van der Waals surface area contributed by atoms with Gasteiger partial charge in [-0.25, -0.2) is 0 Å². The summed E-state index contributed by atoms with van der Waals surface area (Å²) in [5.74, 6) is 0. The molecule has 0 unspecified atom stereocenters. The van der Waals surface area contributed by atoms with Gasteiger partial charge in [0, 0.05) is 0 Å². The van der Waals surface area contributed by atoms with Crippen molar-refractivity contribution in [3.63, 3.8) is 0 Å². The summed E-state index contributed by atoms with van der Waals surface area (Å²) < 4.78 is 40.6. The minimum absolute atomic E-state index is 0.0568. The Morgan fingerprint density at radius 1 is 0.913 bits per heavy atom.